The quantitative estimate of drug-likeness (QED) is 0.644. The fourth-order valence-corrected chi connectivity index (χ4v) is 9.55. The molecule has 0 bridgehead atoms. The van der Waals surface area contributed by atoms with Gasteiger partial charge in [-0.05, 0) is 84.5 Å². The molecule has 8 atom stereocenters. The maximum absolute atomic E-state index is 12.7. The fraction of sp³-hybridized carbons (Fsp3) is 0.880. The Morgan fingerprint density at radius 3 is 2.45 bits per heavy atom. The van der Waals surface area contributed by atoms with Crippen molar-refractivity contribution in [3.05, 3.63) is 11.1 Å². The second-order valence-electron chi connectivity index (χ2n) is 12.0. The van der Waals surface area contributed by atoms with Gasteiger partial charge in [-0.2, -0.15) is 0 Å². The molecule has 2 N–H and O–H groups in total. The van der Waals surface area contributed by atoms with E-state index in [0.29, 0.717) is 24.4 Å². The molecule has 0 radical (unpaired) electrons. The third-order valence-electron chi connectivity index (χ3n) is 10.9. The number of ether oxygens (including phenoxy) is 1. The summed E-state index contributed by atoms with van der Waals surface area (Å²) < 4.78 is 5.43. The molecule has 0 spiro atoms. The summed E-state index contributed by atoms with van der Waals surface area (Å²) >= 11 is 0. The Morgan fingerprint density at radius 2 is 1.72 bits per heavy atom. The van der Waals surface area contributed by atoms with Gasteiger partial charge >= 0.3 is 5.97 Å². The van der Waals surface area contributed by atoms with Crippen LogP contribution in [0.2, 0.25) is 0 Å². The number of rotatable bonds is 1. The van der Waals surface area contributed by atoms with Gasteiger partial charge in [0.05, 0.1) is 6.10 Å². The van der Waals surface area contributed by atoms with Gasteiger partial charge in [-0.25, -0.2) is 4.79 Å². The van der Waals surface area contributed by atoms with Crippen molar-refractivity contribution < 1.29 is 19.7 Å². The van der Waals surface area contributed by atoms with Crippen LogP contribution in [0.4, 0.5) is 0 Å². The molecule has 0 unspecified atom stereocenters. The molecule has 0 saturated heterocycles. The molecule has 0 aromatic heterocycles. The van der Waals surface area contributed by atoms with E-state index in [9.17, 15) is 15.0 Å². The fourth-order valence-electron chi connectivity index (χ4n) is 9.55. The summed E-state index contributed by atoms with van der Waals surface area (Å²) in [5, 5.41) is 21.9. The van der Waals surface area contributed by atoms with Gasteiger partial charge in [0, 0.05) is 17.6 Å². The molecular weight excluding hydrogens is 364 g/mol. The summed E-state index contributed by atoms with van der Waals surface area (Å²) in [6.07, 6.45) is 8.01. The highest BCUT2D eigenvalue weighted by molar-refractivity contribution is 5.93. The molecule has 0 amide bonds. The summed E-state index contributed by atoms with van der Waals surface area (Å²) in [7, 11) is 0. The molecule has 1 heterocycles. The summed E-state index contributed by atoms with van der Waals surface area (Å²) in [4.78, 5) is 12.7. The van der Waals surface area contributed by atoms with Crippen LogP contribution in [0.5, 0.6) is 0 Å². The second kappa shape index (κ2) is 6.09. The molecule has 29 heavy (non-hydrogen) atoms. The Kier molecular flexibility index (Phi) is 4.22. The van der Waals surface area contributed by atoms with E-state index in [1.807, 2.05) is 0 Å². The van der Waals surface area contributed by atoms with Crippen molar-refractivity contribution in [2.45, 2.75) is 85.2 Å². The molecule has 0 aromatic rings. The van der Waals surface area contributed by atoms with E-state index in [4.69, 9.17) is 4.74 Å². The number of hydrogen-bond acceptors (Lipinski definition) is 4. The molecule has 0 aromatic carbocycles. The molecule has 5 aliphatic rings. The lowest BCUT2D eigenvalue weighted by molar-refractivity contribution is -0.223. The topological polar surface area (TPSA) is 66.8 Å². The van der Waals surface area contributed by atoms with Gasteiger partial charge in [-0.1, -0.05) is 34.1 Å². The van der Waals surface area contributed by atoms with Crippen LogP contribution in [-0.2, 0) is 9.53 Å². The van der Waals surface area contributed by atoms with Gasteiger partial charge in [0.2, 0.25) is 0 Å². The maximum Gasteiger partial charge on any atom is 0.335 e. The van der Waals surface area contributed by atoms with E-state index in [2.05, 4.69) is 27.7 Å². The van der Waals surface area contributed by atoms with Gasteiger partial charge in [0.15, 0.2) is 0 Å². The Labute approximate surface area is 175 Å². The van der Waals surface area contributed by atoms with E-state index >= 15 is 0 Å². The van der Waals surface area contributed by atoms with Crippen molar-refractivity contribution >= 4 is 5.97 Å². The van der Waals surface area contributed by atoms with Gasteiger partial charge in [-0.15, -0.1) is 0 Å². The average molecular weight is 403 g/mol. The van der Waals surface area contributed by atoms with Crippen molar-refractivity contribution in [1.82, 2.24) is 0 Å². The lowest BCUT2D eigenvalue weighted by Crippen LogP contribution is -2.65. The standard InChI is InChI=1S/C25H38O4/c1-22(14-26)9-5-10-23(2)16(22)8-11-24(3)17-7-6-15-13-29-21(28)20(15)25(17,4)19(27)12-18(23)24/h16-19,26-27H,5-14H2,1-4H3/t16-,17-,18+,19+,22+,23-,24-,25+/m0/s1. The van der Waals surface area contributed by atoms with E-state index < -0.39 is 11.5 Å². The van der Waals surface area contributed by atoms with Crippen molar-refractivity contribution in [2.75, 3.05) is 13.2 Å². The highest BCUT2D eigenvalue weighted by Crippen LogP contribution is 2.73. The molecule has 1 aliphatic heterocycles. The van der Waals surface area contributed by atoms with Crippen LogP contribution >= 0.6 is 0 Å². The number of cyclic esters (lactones) is 1. The monoisotopic (exact) mass is 402 g/mol. The van der Waals surface area contributed by atoms with Crippen molar-refractivity contribution in [3.63, 3.8) is 0 Å². The summed E-state index contributed by atoms with van der Waals surface area (Å²) in [5.74, 6) is 1.08. The first-order valence-electron chi connectivity index (χ1n) is 11.8. The molecular formula is C25H38O4. The third-order valence-corrected chi connectivity index (χ3v) is 10.9. The largest absolute Gasteiger partial charge is 0.458 e. The number of esters is 1. The van der Waals surface area contributed by atoms with Gasteiger partial charge in [0.1, 0.15) is 6.61 Å². The smallest absolute Gasteiger partial charge is 0.335 e. The Morgan fingerprint density at radius 1 is 1.00 bits per heavy atom. The van der Waals surface area contributed by atoms with Crippen molar-refractivity contribution in [2.24, 2.45) is 39.4 Å². The van der Waals surface area contributed by atoms with E-state index in [1.165, 1.54) is 6.42 Å². The lowest BCUT2D eigenvalue weighted by atomic mass is 9.35. The predicted molar refractivity (Wildman–Crippen MR) is 111 cm³/mol. The van der Waals surface area contributed by atoms with Crippen LogP contribution in [0.3, 0.4) is 0 Å². The first-order valence-corrected chi connectivity index (χ1v) is 11.8. The molecule has 5 rings (SSSR count). The number of hydrogen-bond donors (Lipinski definition) is 2. The van der Waals surface area contributed by atoms with Crippen LogP contribution in [0.25, 0.3) is 0 Å². The number of aliphatic hydroxyl groups excluding tert-OH is 2. The average Bonchev–Trinajstić information content (AvgIpc) is 3.06. The van der Waals surface area contributed by atoms with E-state index in [1.54, 1.807) is 0 Å². The lowest BCUT2D eigenvalue weighted by Gasteiger charge is -2.70. The minimum atomic E-state index is -0.501. The Balaban J connectivity index is 1.59. The van der Waals surface area contributed by atoms with Crippen LogP contribution in [0.15, 0.2) is 11.1 Å². The normalized spacial score (nSPS) is 54.2. The minimum Gasteiger partial charge on any atom is -0.458 e. The summed E-state index contributed by atoms with van der Waals surface area (Å²) in [5.41, 5.74) is 1.74. The first-order chi connectivity index (χ1) is 13.6. The molecule has 3 fully saturated rings. The molecule has 4 heteroatoms. The van der Waals surface area contributed by atoms with Crippen molar-refractivity contribution in [3.8, 4) is 0 Å². The summed E-state index contributed by atoms with van der Waals surface area (Å²) in [6, 6.07) is 0. The molecule has 4 nitrogen and oxygen atoms in total. The number of carbonyl (C=O) groups excluding carboxylic acids is 1. The highest BCUT2D eigenvalue weighted by atomic mass is 16.5. The number of aliphatic hydroxyl groups is 2. The zero-order valence-electron chi connectivity index (χ0n) is 18.6. The highest BCUT2D eigenvalue weighted by Gasteiger charge is 2.68. The molecule has 3 saturated carbocycles. The Hall–Kier alpha value is -0.870. The number of fused-ring (bicyclic) bond motifs is 6. The van der Waals surface area contributed by atoms with Gasteiger partial charge < -0.3 is 14.9 Å². The van der Waals surface area contributed by atoms with Gasteiger partial charge in [0.25, 0.3) is 0 Å². The predicted octanol–water partition coefficient (Wildman–Crippen LogP) is 4.24. The zero-order valence-corrected chi connectivity index (χ0v) is 18.6. The maximum atomic E-state index is 12.7. The van der Waals surface area contributed by atoms with Crippen molar-refractivity contribution in [1.29, 1.82) is 0 Å². The van der Waals surface area contributed by atoms with E-state index in [0.717, 1.165) is 56.1 Å². The summed E-state index contributed by atoms with van der Waals surface area (Å²) in [6.45, 7) is 10.1. The van der Waals surface area contributed by atoms with Crippen LogP contribution in [-0.4, -0.2) is 35.5 Å². The molecule has 4 aliphatic carbocycles. The zero-order chi connectivity index (χ0) is 20.8. The van der Waals surface area contributed by atoms with E-state index in [-0.39, 0.29) is 28.8 Å². The Bertz CT molecular complexity index is 773. The SMILES string of the molecule is C[C@]1(CO)CCC[C@]2(C)[C@H]3C[C@@H](O)[C@]4(C)C5=C(CC[C@H]4[C@]3(C)CC[C@@H]12)COC5=O. The van der Waals surface area contributed by atoms with Crippen LogP contribution < -0.4 is 0 Å². The number of carbonyl (C=O) groups is 1. The van der Waals surface area contributed by atoms with Gasteiger partial charge in [-0.3, -0.25) is 0 Å². The first kappa shape index (κ1) is 20.1. The minimum absolute atomic E-state index is 0.00243. The second-order valence-corrected chi connectivity index (χ2v) is 12.0. The van der Waals surface area contributed by atoms with Crippen LogP contribution in [0, 0.1) is 39.4 Å². The third kappa shape index (κ3) is 2.31. The molecule has 162 valence electrons. The van der Waals surface area contributed by atoms with Crippen LogP contribution in [0.1, 0.15) is 79.1 Å².